The number of carboxylic acids is 1. The van der Waals surface area contributed by atoms with E-state index in [2.05, 4.69) is 10.3 Å². The first-order valence-electron chi connectivity index (χ1n) is 5.29. The van der Waals surface area contributed by atoms with Gasteiger partial charge in [-0.2, -0.15) is 0 Å². The van der Waals surface area contributed by atoms with Crippen LogP contribution in [0.25, 0.3) is 0 Å². The van der Waals surface area contributed by atoms with Crippen molar-refractivity contribution in [3.05, 3.63) is 47.0 Å². The molecule has 0 bridgehead atoms. The van der Waals surface area contributed by atoms with Crippen molar-refractivity contribution >= 4 is 29.2 Å². The first-order chi connectivity index (χ1) is 8.97. The molecule has 1 aromatic carbocycles. The van der Waals surface area contributed by atoms with Crippen LogP contribution in [0.1, 0.15) is 20.8 Å². The highest BCUT2D eigenvalue weighted by molar-refractivity contribution is 6.31. The second-order valence-corrected chi connectivity index (χ2v) is 4.31. The Labute approximate surface area is 113 Å². The van der Waals surface area contributed by atoms with Crippen LogP contribution in [0, 0.1) is 0 Å². The van der Waals surface area contributed by atoms with E-state index in [0.29, 0.717) is 5.02 Å². The van der Waals surface area contributed by atoms with Gasteiger partial charge in [0.05, 0.1) is 17.6 Å². The van der Waals surface area contributed by atoms with E-state index in [9.17, 15) is 9.59 Å². The number of amides is 1. The van der Waals surface area contributed by atoms with Crippen LogP contribution < -0.4 is 5.32 Å². The summed E-state index contributed by atoms with van der Waals surface area (Å²) in [4.78, 5) is 26.8. The van der Waals surface area contributed by atoms with Gasteiger partial charge < -0.3 is 15.0 Å². The van der Waals surface area contributed by atoms with E-state index in [-0.39, 0.29) is 16.9 Å². The Morgan fingerprint density at radius 2 is 2.16 bits per heavy atom. The molecule has 0 atom stereocenters. The Bertz CT molecular complexity index is 651. The average molecular weight is 280 g/mol. The lowest BCUT2D eigenvalue weighted by Crippen LogP contribution is -2.15. The molecule has 0 aliphatic carbocycles. The summed E-state index contributed by atoms with van der Waals surface area (Å²) < 4.78 is 1.62. The van der Waals surface area contributed by atoms with E-state index < -0.39 is 11.9 Å². The van der Waals surface area contributed by atoms with E-state index in [0.717, 1.165) is 0 Å². The van der Waals surface area contributed by atoms with Gasteiger partial charge in [0.15, 0.2) is 0 Å². The van der Waals surface area contributed by atoms with Gasteiger partial charge >= 0.3 is 5.97 Å². The Hall–Kier alpha value is -2.34. The number of nitrogens with zero attached hydrogens (tertiary/aromatic N) is 2. The van der Waals surface area contributed by atoms with E-state index in [1.165, 1.54) is 30.7 Å². The minimum atomic E-state index is -1.15. The first kappa shape index (κ1) is 13.1. The van der Waals surface area contributed by atoms with Crippen LogP contribution in [-0.4, -0.2) is 26.5 Å². The molecular weight excluding hydrogens is 270 g/mol. The maximum absolute atomic E-state index is 11.9. The van der Waals surface area contributed by atoms with Crippen molar-refractivity contribution in [2.24, 2.45) is 7.05 Å². The maximum atomic E-state index is 11.9. The van der Waals surface area contributed by atoms with Crippen molar-refractivity contribution in [1.29, 1.82) is 0 Å². The van der Waals surface area contributed by atoms with Gasteiger partial charge in [-0.3, -0.25) is 4.79 Å². The standard InChI is InChI=1S/C12H10ClN3O3/c1-16-5-10(14-6-16)11(17)15-9-4-7(13)2-3-8(9)12(18)19/h2-6H,1H3,(H,15,17)(H,18,19). The van der Waals surface area contributed by atoms with Crippen molar-refractivity contribution in [3.63, 3.8) is 0 Å². The lowest BCUT2D eigenvalue weighted by Gasteiger charge is -2.07. The van der Waals surface area contributed by atoms with Gasteiger partial charge in [-0.1, -0.05) is 11.6 Å². The molecular formula is C12H10ClN3O3. The number of benzene rings is 1. The predicted octanol–water partition coefficient (Wildman–Crippen LogP) is 2.02. The maximum Gasteiger partial charge on any atom is 0.337 e. The van der Waals surface area contributed by atoms with Crippen molar-refractivity contribution in [3.8, 4) is 0 Å². The second kappa shape index (κ2) is 5.11. The number of hydrogen-bond acceptors (Lipinski definition) is 3. The number of aromatic nitrogens is 2. The fourth-order valence-electron chi connectivity index (χ4n) is 1.52. The van der Waals surface area contributed by atoms with Crippen molar-refractivity contribution in [1.82, 2.24) is 9.55 Å². The number of carboxylic acid groups (broad SMARTS) is 1. The third-order valence-electron chi connectivity index (χ3n) is 2.40. The van der Waals surface area contributed by atoms with Crippen LogP contribution in [-0.2, 0) is 7.05 Å². The molecule has 0 unspecified atom stereocenters. The number of anilines is 1. The van der Waals surface area contributed by atoms with Gasteiger partial charge in [-0.05, 0) is 18.2 Å². The van der Waals surface area contributed by atoms with Crippen molar-refractivity contribution in [2.75, 3.05) is 5.32 Å². The highest BCUT2D eigenvalue weighted by Crippen LogP contribution is 2.21. The Morgan fingerprint density at radius 3 is 2.74 bits per heavy atom. The minimum Gasteiger partial charge on any atom is -0.478 e. The van der Waals surface area contributed by atoms with E-state index in [4.69, 9.17) is 16.7 Å². The molecule has 0 saturated heterocycles. The van der Waals surface area contributed by atoms with Gasteiger partial charge in [-0.25, -0.2) is 9.78 Å². The van der Waals surface area contributed by atoms with Gasteiger partial charge in [0.25, 0.3) is 5.91 Å². The normalized spacial score (nSPS) is 10.2. The van der Waals surface area contributed by atoms with Crippen LogP contribution in [0.3, 0.4) is 0 Å². The molecule has 6 nitrogen and oxygen atoms in total. The summed E-state index contributed by atoms with van der Waals surface area (Å²) in [7, 11) is 1.73. The lowest BCUT2D eigenvalue weighted by molar-refractivity contribution is 0.0698. The first-order valence-corrected chi connectivity index (χ1v) is 5.67. The zero-order chi connectivity index (χ0) is 14.0. The molecule has 2 N–H and O–H groups in total. The number of carbonyl (C=O) groups excluding carboxylic acids is 1. The number of carbonyl (C=O) groups is 2. The number of hydrogen-bond donors (Lipinski definition) is 2. The molecule has 1 heterocycles. The largest absolute Gasteiger partial charge is 0.478 e. The Morgan fingerprint density at radius 1 is 1.42 bits per heavy atom. The fourth-order valence-corrected chi connectivity index (χ4v) is 1.69. The highest BCUT2D eigenvalue weighted by Gasteiger charge is 2.15. The molecule has 19 heavy (non-hydrogen) atoms. The molecule has 0 aliphatic rings. The molecule has 1 aromatic heterocycles. The summed E-state index contributed by atoms with van der Waals surface area (Å²) in [6, 6.07) is 4.16. The molecule has 98 valence electrons. The van der Waals surface area contributed by atoms with Crippen LogP contribution in [0.4, 0.5) is 5.69 Å². The second-order valence-electron chi connectivity index (χ2n) is 3.87. The van der Waals surface area contributed by atoms with Gasteiger partial charge in [0, 0.05) is 18.3 Å². The zero-order valence-corrected chi connectivity index (χ0v) is 10.7. The van der Waals surface area contributed by atoms with E-state index >= 15 is 0 Å². The summed E-state index contributed by atoms with van der Waals surface area (Å²) in [6.07, 6.45) is 3.01. The number of imidazole rings is 1. The van der Waals surface area contributed by atoms with Gasteiger partial charge in [0.2, 0.25) is 0 Å². The molecule has 2 rings (SSSR count). The predicted molar refractivity (Wildman–Crippen MR) is 69.6 cm³/mol. The summed E-state index contributed by atoms with van der Waals surface area (Å²) in [5, 5.41) is 11.8. The molecule has 7 heteroatoms. The third kappa shape index (κ3) is 2.92. The SMILES string of the molecule is Cn1cnc(C(=O)Nc2cc(Cl)ccc2C(=O)O)c1. The molecule has 2 aromatic rings. The number of aromatic carboxylic acids is 1. The summed E-state index contributed by atoms with van der Waals surface area (Å²) >= 11 is 5.79. The Kier molecular flexibility index (Phi) is 3.52. The van der Waals surface area contributed by atoms with Crippen molar-refractivity contribution in [2.45, 2.75) is 0 Å². The highest BCUT2D eigenvalue weighted by atomic mass is 35.5. The molecule has 0 radical (unpaired) electrons. The topological polar surface area (TPSA) is 84.2 Å². The molecule has 0 saturated carbocycles. The summed E-state index contributed by atoms with van der Waals surface area (Å²) in [6.45, 7) is 0. The summed E-state index contributed by atoms with van der Waals surface area (Å²) in [5.41, 5.74) is 0.295. The number of rotatable bonds is 3. The summed E-state index contributed by atoms with van der Waals surface area (Å²) in [5.74, 6) is -1.64. The third-order valence-corrected chi connectivity index (χ3v) is 2.63. The molecule has 0 aliphatic heterocycles. The van der Waals surface area contributed by atoms with Gasteiger partial charge in [-0.15, -0.1) is 0 Å². The van der Waals surface area contributed by atoms with Crippen LogP contribution in [0.2, 0.25) is 5.02 Å². The molecule has 0 fully saturated rings. The van der Waals surface area contributed by atoms with Crippen LogP contribution in [0.15, 0.2) is 30.7 Å². The lowest BCUT2D eigenvalue weighted by atomic mass is 10.1. The van der Waals surface area contributed by atoms with E-state index in [1.807, 2.05) is 0 Å². The molecule has 0 spiro atoms. The minimum absolute atomic E-state index is 0.0336. The Balaban J connectivity index is 2.30. The van der Waals surface area contributed by atoms with Gasteiger partial charge in [0.1, 0.15) is 5.69 Å². The van der Waals surface area contributed by atoms with E-state index in [1.54, 1.807) is 11.6 Å². The van der Waals surface area contributed by atoms with Crippen molar-refractivity contribution < 1.29 is 14.7 Å². The van der Waals surface area contributed by atoms with Crippen LogP contribution >= 0.6 is 11.6 Å². The fraction of sp³-hybridized carbons (Fsp3) is 0.0833. The molecule has 1 amide bonds. The van der Waals surface area contributed by atoms with Crippen LogP contribution in [0.5, 0.6) is 0 Å². The number of halogens is 1. The quantitative estimate of drug-likeness (QED) is 0.900. The zero-order valence-electron chi connectivity index (χ0n) is 9.92. The smallest absolute Gasteiger partial charge is 0.337 e. The average Bonchev–Trinajstić information content (AvgIpc) is 2.75. The monoisotopic (exact) mass is 279 g/mol. The number of nitrogens with one attached hydrogen (secondary N) is 1. The number of aryl methyl sites for hydroxylation is 1.